The number of rotatable bonds is 3. The van der Waals surface area contributed by atoms with Crippen molar-refractivity contribution in [1.82, 2.24) is 30.2 Å². The Morgan fingerprint density at radius 1 is 1.28 bits per heavy atom. The molecule has 0 saturated carbocycles. The Balaban J connectivity index is 1.52. The van der Waals surface area contributed by atoms with Gasteiger partial charge >= 0.3 is 0 Å². The van der Waals surface area contributed by atoms with E-state index in [1.807, 2.05) is 0 Å². The fourth-order valence-corrected chi connectivity index (χ4v) is 3.82. The molecule has 1 aromatic carbocycles. The highest BCUT2D eigenvalue weighted by Gasteiger charge is 2.27. The van der Waals surface area contributed by atoms with Crippen molar-refractivity contribution in [2.75, 3.05) is 19.9 Å². The van der Waals surface area contributed by atoms with Gasteiger partial charge in [0.15, 0.2) is 6.79 Å². The second-order valence-corrected chi connectivity index (χ2v) is 7.37. The molecule has 0 radical (unpaired) electrons. The summed E-state index contributed by atoms with van der Waals surface area (Å²) in [6.07, 6.45) is 2.93. The third-order valence-electron chi connectivity index (χ3n) is 5.28. The predicted octanol–water partition coefficient (Wildman–Crippen LogP) is 0.780. The minimum Gasteiger partial charge on any atom is -0.466 e. The third-order valence-corrected chi connectivity index (χ3v) is 5.28. The average molecular weight is 438 g/mol. The van der Waals surface area contributed by atoms with Crippen molar-refractivity contribution in [1.29, 1.82) is 0 Å². The molecule has 5 rings (SSSR count). The van der Waals surface area contributed by atoms with Crippen LogP contribution in [-0.2, 0) is 17.9 Å². The minimum absolute atomic E-state index is 0.0219. The average Bonchev–Trinajstić information content (AvgIpc) is 3.01. The van der Waals surface area contributed by atoms with E-state index in [2.05, 4.69) is 25.6 Å². The Morgan fingerprint density at radius 2 is 2.19 bits per heavy atom. The quantitative estimate of drug-likeness (QED) is 0.616. The lowest BCUT2D eigenvalue weighted by atomic mass is 10.1. The molecule has 164 valence electrons. The van der Waals surface area contributed by atoms with E-state index in [4.69, 9.17) is 9.47 Å². The molecule has 1 amide bonds. The minimum atomic E-state index is -0.641. The number of aromatic nitrogens is 4. The van der Waals surface area contributed by atoms with Gasteiger partial charge in [0.2, 0.25) is 0 Å². The molecular weight excluding hydrogens is 419 g/mol. The molecule has 0 saturated heterocycles. The number of halogens is 1. The van der Waals surface area contributed by atoms with Crippen LogP contribution in [0.1, 0.15) is 27.8 Å². The van der Waals surface area contributed by atoms with Crippen LogP contribution in [0.25, 0.3) is 11.4 Å². The van der Waals surface area contributed by atoms with Crippen LogP contribution in [-0.4, -0.2) is 45.3 Å². The topological polar surface area (TPSA) is 120 Å². The van der Waals surface area contributed by atoms with Gasteiger partial charge in [-0.15, -0.1) is 0 Å². The first kappa shape index (κ1) is 20.2. The summed E-state index contributed by atoms with van der Waals surface area (Å²) in [6, 6.07) is 4.83. The molecule has 11 heteroatoms. The smallest absolute Gasteiger partial charge is 0.255 e. The Hall–Kier alpha value is -3.70. The molecule has 0 spiro atoms. The largest absolute Gasteiger partial charge is 0.466 e. The number of carbonyl (C=O) groups is 1. The van der Waals surface area contributed by atoms with Gasteiger partial charge < -0.3 is 20.1 Å². The van der Waals surface area contributed by atoms with Crippen molar-refractivity contribution in [2.45, 2.75) is 19.2 Å². The van der Waals surface area contributed by atoms with Crippen molar-refractivity contribution in [3.8, 4) is 17.1 Å². The summed E-state index contributed by atoms with van der Waals surface area (Å²) < 4.78 is 26.3. The van der Waals surface area contributed by atoms with Crippen molar-refractivity contribution in [3.05, 3.63) is 69.9 Å². The number of ether oxygens (including phenoxy) is 2. The second kappa shape index (κ2) is 8.44. The molecule has 0 fully saturated rings. The molecule has 10 nitrogen and oxygen atoms in total. The normalized spacial score (nSPS) is 17.5. The molecular formula is C21H19FN6O4. The van der Waals surface area contributed by atoms with E-state index < -0.39 is 17.8 Å². The molecule has 2 aliphatic heterocycles. The van der Waals surface area contributed by atoms with Gasteiger partial charge in [0, 0.05) is 37.5 Å². The lowest BCUT2D eigenvalue weighted by Gasteiger charge is -2.23. The SMILES string of the molecule is O=C(NC1CNCCn2c1nc(-c1ccncn1)cc2=O)c1cc(F)cc2c1OCOC2. The Kier molecular flexibility index (Phi) is 5.33. The van der Waals surface area contributed by atoms with Crippen molar-refractivity contribution in [2.24, 2.45) is 0 Å². The zero-order valence-electron chi connectivity index (χ0n) is 16.9. The number of nitrogens with one attached hydrogen (secondary N) is 2. The number of nitrogens with zero attached hydrogens (tertiary/aromatic N) is 4. The zero-order valence-corrected chi connectivity index (χ0v) is 16.9. The van der Waals surface area contributed by atoms with Crippen LogP contribution in [0.15, 0.2) is 41.6 Å². The first-order chi connectivity index (χ1) is 15.6. The van der Waals surface area contributed by atoms with Crippen LogP contribution in [0.2, 0.25) is 0 Å². The van der Waals surface area contributed by atoms with Gasteiger partial charge in [-0.3, -0.25) is 14.2 Å². The fourth-order valence-electron chi connectivity index (χ4n) is 3.82. The second-order valence-electron chi connectivity index (χ2n) is 7.37. The number of fused-ring (bicyclic) bond motifs is 2. The molecule has 1 unspecified atom stereocenters. The Bertz CT molecular complexity index is 1230. The van der Waals surface area contributed by atoms with Crippen LogP contribution in [0.5, 0.6) is 5.75 Å². The number of hydrogen-bond donors (Lipinski definition) is 2. The molecule has 0 bridgehead atoms. The standard InChI is InChI=1S/C21H19FN6O4/c22-13-5-12-9-31-11-32-19(12)14(6-13)21(30)27-17-8-23-3-4-28-18(29)7-16(26-20(17)28)15-1-2-24-10-25-15/h1-2,5-7,10,17,23H,3-4,8-9,11H2,(H,27,30). The predicted molar refractivity (Wildman–Crippen MR) is 109 cm³/mol. The van der Waals surface area contributed by atoms with Crippen molar-refractivity contribution < 1.29 is 18.7 Å². The van der Waals surface area contributed by atoms with Gasteiger partial charge in [-0.2, -0.15) is 0 Å². The van der Waals surface area contributed by atoms with E-state index in [0.717, 1.165) is 6.07 Å². The fraction of sp³-hybridized carbons (Fsp3) is 0.286. The van der Waals surface area contributed by atoms with Gasteiger partial charge in [-0.1, -0.05) is 0 Å². The van der Waals surface area contributed by atoms with E-state index in [0.29, 0.717) is 42.4 Å². The highest BCUT2D eigenvalue weighted by Crippen LogP contribution is 2.30. The third kappa shape index (κ3) is 3.83. The zero-order chi connectivity index (χ0) is 22.1. The highest BCUT2D eigenvalue weighted by molar-refractivity contribution is 5.97. The summed E-state index contributed by atoms with van der Waals surface area (Å²) in [4.78, 5) is 38.6. The lowest BCUT2D eigenvalue weighted by molar-refractivity contribution is -0.0170. The van der Waals surface area contributed by atoms with E-state index in [1.165, 1.54) is 23.0 Å². The Labute approximate surface area is 181 Å². The van der Waals surface area contributed by atoms with Crippen LogP contribution in [0, 0.1) is 5.82 Å². The summed E-state index contributed by atoms with van der Waals surface area (Å²) in [6.45, 7) is 1.40. The maximum atomic E-state index is 14.1. The molecule has 2 aromatic heterocycles. The number of hydrogen-bond acceptors (Lipinski definition) is 8. The van der Waals surface area contributed by atoms with E-state index in [1.54, 1.807) is 12.3 Å². The molecule has 1 atom stereocenters. The van der Waals surface area contributed by atoms with Crippen LogP contribution in [0.4, 0.5) is 4.39 Å². The highest BCUT2D eigenvalue weighted by atomic mass is 19.1. The maximum absolute atomic E-state index is 14.1. The molecule has 32 heavy (non-hydrogen) atoms. The molecule has 0 aliphatic carbocycles. The van der Waals surface area contributed by atoms with Crippen LogP contribution in [0.3, 0.4) is 0 Å². The number of benzene rings is 1. The summed E-state index contributed by atoms with van der Waals surface area (Å²) in [7, 11) is 0. The number of carbonyl (C=O) groups excluding carboxylic acids is 1. The molecule has 2 N–H and O–H groups in total. The molecule has 2 aliphatic rings. The van der Waals surface area contributed by atoms with E-state index in [9.17, 15) is 14.0 Å². The van der Waals surface area contributed by atoms with Gasteiger partial charge in [0.1, 0.15) is 23.7 Å². The summed E-state index contributed by atoms with van der Waals surface area (Å²) >= 11 is 0. The monoisotopic (exact) mass is 438 g/mol. The van der Waals surface area contributed by atoms with Crippen LogP contribution >= 0.6 is 0 Å². The summed E-state index contributed by atoms with van der Waals surface area (Å²) in [5.74, 6) is -0.428. The van der Waals surface area contributed by atoms with Crippen molar-refractivity contribution in [3.63, 3.8) is 0 Å². The summed E-state index contributed by atoms with van der Waals surface area (Å²) in [5, 5.41) is 6.07. The van der Waals surface area contributed by atoms with Gasteiger partial charge in [0.25, 0.3) is 11.5 Å². The first-order valence-corrected chi connectivity index (χ1v) is 10.0. The maximum Gasteiger partial charge on any atom is 0.255 e. The van der Waals surface area contributed by atoms with E-state index >= 15 is 0 Å². The van der Waals surface area contributed by atoms with Crippen LogP contribution < -0.4 is 20.9 Å². The summed E-state index contributed by atoms with van der Waals surface area (Å²) in [5.41, 5.74) is 1.15. The molecule has 4 heterocycles. The van der Waals surface area contributed by atoms with E-state index in [-0.39, 0.29) is 30.3 Å². The molecule has 3 aromatic rings. The van der Waals surface area contributed by atoms with Crippen molar-refractivity contribution >= 4 is 5.91 Å². The lowest BCUT2D eigenvalue weighted by Crippen LogP contribution is -2.37. The van der Waals surface area contributed by atoms with Gasteiger partial charge in [-0.25, -0.2) is 19.3 Å². The van der Waals surface area contributed by atoms with Gasteiger partial charge in [-0.05, 0) is 18.2 Å². The van der Waals surface area contributed by atoms with Gasteiger partial charge in [0.05, 0.1) is 29.6 Å². The number of amides is 1. The first-order valence-electron chi connectivity index (χ1n) is 10.0. The Morgan fingerprint density at radius 3 is 3.03 bits per heavy atom.